The molecule has 3 rings (SSSR count). The first-order valence-electron chi connectivity index (χ1n) is 7.30. The standard InChI is InChI=1S/C18H20N2O.ClH/c1-13-4-2-6-15(10-13)16-7-3-5-14(11-16)12-20-17(21)18(19)8-9-18;/h2-7,10-11H,8-9,12,19H2,1H3,(H,20,21);1H. The van der Waals surface area contributed by atoms with Crippen LogP contribution in [0, 0.1) is 6.92 Å². The fourth-order valence-electron chi connectivity index (χ4n) is 2.41. The summed E-state index contributed by atoms with van der Waals surface area (Å²) in [5, 5.41) is 2.93. The van der Waals surface area contributed by atoms with E-state index in [-0.39, 0.29) is 18.3 Å². The molecular weight excluding hydrogens is 296 g/mol. The fourth-order valence-corrected chi connectivity index (χ4v) is 2.41. The van der Waals surface area contributed by atoms with E-state index in [0.29, 0.717) is 6.54 Å². The van der Waals surface area contributed by atoms with Gasteiger partial charge in [0.2, 0.25) is 5.91 Å². The van der Waals surface area contributed by atoms with Gasteiger partial charge in [0.25, 0.3) is 0 Å². The quantitative estimate of drug-likeness (QED) is 0.910. The van der Waals surface area contributed by atoms with Crippen molar-refractivity contribution < 1.29 is 4.79 Å². The average molecular weight is 317 g/mol. The van der Waals surface area contributed by atoms with Gasteiger partial charge in [0.1, 0.15) is 0 Å². The lowest BCUT2D eigenvalue weighted by Crippen LogP contribution is -2.42. The molecule has 0 unspecified atom stereocenters. The van der Waals surface area contributed by atoms with E-state index in [1.807, 2.05) is 12.1 Å². The van der Waals surface area contributed by atoms with Gasteiger partial charge in [-0.2, -0.15) is 0 Å². The Morgan fingerprint density at radius 1 is 1.14 bits per heavy atom. The Bertz CT molecular complexity index is 680. The summed E-state index contributed by atoms with van der Waals surface area (Å²) >= 11 is 0. The summed E-state index contributed by atoms with van der Waals surface area (Å²) in [6.45, 7) is 2.61. The molecule has 1 fully saturated rings. The van der Waals surface area contributed by atoms with Crippen molar-refractivity contribution in [2.75, 3.05) is 0 Å². The van der Waals surface area contributed by atoms with Crippen LogP contribution in [0.4, 0.5) is 0 Å². The summed E-state index contributed by atoms with van der Waals surface area (Å²) < 4.78 is 0. The molecule has 116 valence electrons. The van der Waals surface area contributed by atoms with Crippen LogP contribution in [0.5, 0.6) is 0 Å². The summed E-state index contributed by atoms with van der Waals surface area (Å²) in [6, 6.07) is 16.7. The number of carbonyl (C=O) groups is 1. The van der Waals surface area contributed by atoms with Crippen molar-refractivity contribution in [1.82, 2.24) is 5.32 Å². The molecule has 1 saturated carbocycles. The minimum atomic E-state index is -0.603. The van der Waals surface area contributed by atoms with Crippen LogP contribution in [0.2, 0.25) is 0 Å². The number of halogens is 1. The maximum absolute atomic E-state index is 11.9. The van der Waals surface area contributed by atoms with Crippen molar-refractivity contribution in [3.05, 3.63) is 59.7 Å². The normalized spacial score (nSPS) is 14.8. The van der Waals surface area contributed by atoms with Gasteiger partial charge < -0.3 is 11.1 Å². The third kappa shape index (κ3) is 3.67. The van der Waals surface area contributed by atoms with E-state index in [4.69, 9.17) is 5.73 Å². The molecule has 4 heteroatoms. The molecular formula is C18H21ClN2O. The summed E-state index contributed by atoms with van der Waals surface area (Å²) in [4.78, 5) is 11.9. The Labute approximate surface area is 137 Å². The number of amides is 1. The first-order chi connectivity index (χ1) is 10.1. The van der Waals surface area contributed by atoms with Crippen LogP contribution < -0.4 is 11.1 Å². The highest BCUT2D eigenvalue weighted by Crippen LogP contribution is 2.32. The van der Waals surface area contributed by atoms with Crippen molar-refractivity contribution in [1.29, 1.82) is 0 Å². The largest absolute Gasteiger partial charge is 0.350 e. The molecule has 2 aromatic carbocycles. The third-order valence-corrected chi connectivity index (χ3v) is 3.97. The summed E-state index contributed by atoms with van der Waals surface area (Å²) in [5.41, 5.74) is 9.97. The Hall–Kier alpha value is -1.84. The number of carbonyl (C=O) groups excluding carboxylic acids is 1. The van der Waals surface area contributed by atoms with Gasteiger partial charge in [-0.3, -0.25) is 4.79 Å². The fraction of sp³-hybridized carbons (Fsp3) is 0.278. The van der Waals surface area contributed by atoms with Gasteiger partial charge in [0.15, 0.2) is 0 Å². The lowest BCUT2D eigenvalue weighted by molar-refractivity contribution is -0.123. The van der Waals surface area contributed by atoms with E-state index in [2.05, 4.69) is 48.6 Å². The predicted octanol–water partition coefficient (Wildman–Crippen LogP) is 3.19. The zero-order valence-corrected chi connectivity index (χ0v) is 13.5. The van der Waals surface area contributed by atoms with Crippen LogP contribution in [0.25, 0.3) is 11.1 Å². The number of hydrogen-bond donors (Lipinski definition) is 2. The van der Waals surface area contributed by atoms with Crippen LogP contribution in [0.15, 0.2) is 48.5 Å². The van der Waals surface area contributed by atoms with E-state index in [0.717, 1.165) is 18.4 Å². The smallest absolute Gasteiger partial charge is 0.240 e. The van der Waals surface area contributed by atoms with Crippen LogP contribution in [0.3, 0.4) is 0 Å². The molecule has 1 aliphatic rings. The Balaban J connectivity index is 0.00000176. The summed E-state index contributed by atoms with van der Waals surface area (Å²) in [5.74, 6) is -0.0385. The monoisotopic (exact) mass is 316 g/mol. The topological polar surface area (TPSA) is 55.1 Å². The first kappa shape index (κ1) is 16.5. The van der Waals surface area contributed by atoms with Crippen LogP contribution in [0.1, 0.15) is 24.0 Å². The highest BCUT2D eigenvalue weighted by atomic mass is 35.5. The highest BCUT2D eigenvalue weighted by Gasteiger charge is 2.45. The number of aryl methyl sites for hydroxylation is 1. The minimum absolute atomic E-state index is 0. The van der Waals surface area contributed by atoms with Gasteiger partial charge >= 0.3 is 0 Å². The van der Waals surface area contributed by atoms with Gasteiger partial charge in [-0.05, 0) is 42.5 Å². The molecule has 2 aromatic rings. The molecule has 1 amide bonds. The molecule has 0 saturated heterocycles. The number of nitrogens with one attached hydrogen (secondary N) is 1. The zero-order valence-electron chi connectivity index (χ0n) is 12.6. The number of benzene rings is 2. The molecule has 3 N–H and O–H groups in total. The molecule has 0 heterocycles. The molecule has 0 aliphatic heterocycles. The van der Waals surface area contributed by atoms with Crippen molar-refractivity contribution in [2.45, 2.75) is 31.8 Å². The van der Waals surface area contributed by atoms with Crippen molar-refractivity contribution in [3.63, 3.8) is 0 Å². The number of nitrogens with two attached hydrogens (primary N) is 1. The Kier molecular flexibility index (Phi) is 4.89. The maximum Gasteiger partial charge on any atom is 0.240 e. The first-order valence-corrected chi connectivity index (χ1v) is 7.30. The van der Waals surface area contributed by atoms with Gasteiger partial charge in [-0.1, -0.05) is 48.0 Å². The second-order valence-electron chi connectivity index (χ2n) is 5.91. The van der Waals surface area contributed by atoms with Gasteiger partial charge in [0, 0.05) is 6.54 Å². The van der Waals surface area contributed by atoms with Crippen LogP contribution >= 0.6 is 12.4 Å². The van der Waals surface area contributed by atoms with Crippen LogP contribution in [-0.4, -0.2) is 11.4 Å². The Morgan fingerprint density at radius 3 is 2.41 bits per heavy atom. The second-order valence-corrected chi connectivity index (χ2v) is 5.91. The van der Waals surface area contributed by atoms with E-state index in [1.165, 1.54) is 16.7 Å². The lowest BCUT2D eigenvalue weighted by atomic mass is 10.0. The molecule has 0 aromatic heterocycles. The van der Waals surface area contributed by atoms with Gasteiger partial charge in [-0.25, -0.2) is 0 Å². The molecule has 22 heavy (non-hydrogen) atoms. The van der Waals surface area contributed by atoms with Gasteiger partial charge in [0.05, 0.1) is 5.54 Å². The molecule has 1 aliphatic carbocycles. The van der Waals surface area contributed by atoms with E-state index in [9.17, 15) is 4.79 Å². The molecule has 0 bridgehead atoms. The zero-order chi connectivity index (χ0) is 14.9. The van der Waals surface area contributed by atoms with E-state index in [1.54, 1.807) is 0 Å². The Morgan fingerprint density at radius 2 is 1.77 bits per heavy atom. The molecule has 0 radical (unpaired) electrons. The SMILES string of the molecule is Cc1cccc(-c2cccc(CNC(=O)C3(N)CC3)c2)c1.Cl. The van der Waals surface area contributed by atoms with Crippen molar-refractivity contribution in [3.8, 4) is 11.1 Å². The summed E-state index contributed by atoms with van der Waals surface area (Å²) in [6.07, 6.45) is 1.59. The van der Waals surface area contributed by atoms with Crippen molar-refractivity contribution >= 4 is 18.3 Å². The summed E-state index contributed by atoms with van der Waals surface area (Å²) in [7, 11) is 0. The van der Waals surface area contributed by atoms with Gasteiger partial charge in [-0.15, -0.1) is 12.4 Å². The molecule has 0 atom stereocenters. The van der Waals surface area contributed by atoms with Crippen LogP contribution in [-0.2, 0) is 11.3 Å². The maximum atomic E-state index is 11.9. The van der Waals surface area contributed by atoms with E-state index >= 15 is 0 Å². The lowest BCUT2D eigenvalue weighted by Gasteiger charge is -2.11. The highest BCUT2D eigenvalue weighted by molar-refractivity contribution is 5.88. The molecule has 3 nitrogen and oxygen atoms in total. The third-order valence-electron chi connectivity index (χ3n) is 3.97. The van der Waals surface area contributed by atoms with Crippen molar-refractivity contribution in [2.24, 2.45) is 5.73 Å². The number of hydrogen-bond acceptors (Lipinski definition) is 2. The second kappa shape index (κ2) is 6.51. The number of rotatable bonds is 4. The van der Waals surface area contributed by atoms with E-state index < -0.39 is 5.54 Å². The average Bonchev–Trinajstić information content (AvgIpc) is 3.24. The molecule has 0 spiro atoms. The minimum Gasteiger partial charge on any atom is -0.350 e. The predicted molar refractivity (Wildman–Crippen MR) is 91.9 cm³/mol.